The van der Waals surface area contributed by atoms with Crippen LogP contribution in [0.3, 0.4) is 0 Å². The molecule has 2 aromatic rings. The number of halogens is 1. The first kappa shape index (κ1) is 24.4. The van der Waals surface area contributed by atoms with E-state index in [0.29, 0.717) is 43.0 Å². The third-order valence-electron chi connectivity index (χ3n) is 6.60. The van der Waals surface area contributed by atoms with Gasteiger partial charge in [-0.15, -0.1) is 0 Å². The third-order valence-corrected chi connectivity index (χ3v) is 6.60. The number of carbonyl (C=O) groups excluding carboxylic acids is 2. The monoisotopic (exact) mass is 495 g/mol. The summed E-state index contributed by atoms with van der Waals surface area (Å²) in [5, 5.41) is 3.06. The number of hydrogen-bond acceptors (Lipinski definition) is 6. The number of ether oxygens (including phenoxy) is 2. The fraction of sp³-hybridized carbons (Fsp3) is 0.407. The van der Waals surface area contributed by atoms with Gasteiger partial charge in [0.25, 0.3) is 11.8 Å². The van der Waals surface area contributed by atoms with Crippen molar-refractivity contribution in [3.63, 3.8) is 0 Å². The Hall–Kier alpha value is -3.27. The van der Waals surface area contributed by atoms with Gasteiger partial charge in [0.15, 0.2) is 12.0 Å². The van der Waals surface area contributed by atoms with Gasteiger partial charge in [-0.05, 0) is 67.3 Å². The minimum atomic E-state index is -0.807. The Labute approximate surface area is 209 Å². The molecule has 0 radical (unpaired) electrons. The molecule has 3 aliphatic rings. The van der Waals surface area contributed by atoms with E-state index >= 15 is 0 Å². The van der Waals surface area contributed by atoms with Crippen molar-refractivity contribution in [2.24, 2.45) is 0 Å². The van der Waals surface area contributed by atoms with E-state index in [1.54, 1.807) is 36.4 Å². The van der Waals surface area contributed by atoms with Gasteiger partial charge in [0.05, 0.1) is 12.1 Å². The highest BCUT2D eigenvalue weighted by Gasteiger charge is 2.43. The summed E-state index contributed by atoms with van der Waals surface area (Å²) in [6, 6.07) is 11.7. The summed E-state index contributed by atoms with van der Waals surface area (Å²) in [5.41, 5.74) is 3.69. The Bertz CT molecular complexity index is 1130. The molecule has 3 heterocycles. The van der Waals surface area contributed by atoms with Crippen LogP contribution >= 0.6 is 0 Å². The summed E-state index contributed by atoms with van der Waals surface area (Å²) in [4.78, 5) is 32.6. The average Bonchev–Trinajstić information content (AvgIpc) is 2.88. The van der Waals surface area contributed by atoms with E-state index in [0.717, 1.165) is 37.8 Å². The van der Waals surface area contributed by atoms with E-state index in [2.05, 4.69) is 15.7 Å². The van der Waals surface area contributed by atoms with Crippen molar-refractivity contribution in [1.29, 1.82) is 0 Å². The molecule has 1 spiro atoms. The van der Waals surface area contributed by atoms with E-state index in [9.17, 15) is 14.0 Å². The molecule has 2 amide bonds. The van der Waals surface area contributed by atoms with Gasteiger partial charge in [0.2, 0.25) is 0 Å². The van der Waals surface area contributed by atoms with Crippen LogP contribution in [0.15, 0.2) is 48.5 Å². The Balaban J connectivity index is 1.20. The van der Waals surface area contributed by atoms with Gasteiger partial charge in [0, 0.05) is 32.1 Å². The summed E-state index contributed by atoms with van der Waals surface area (Å²) < 4.78 is 25.0. The molecule has 2 unspecified atom stereocenters. The van der Waals surface area contributed by atoms with E-state index in [1.807, 2.05) is 0 Å². The van der Waals surface area contributed by atoms with Crippen LogP contribution in [0.25, 0.3) is 6.08 Å². The summed E-state index contributed by atoms with van der Waals surface area (Å²) >= 11 is 0. The smallest absolute Gasteiger partial charge is 0.267 e. The minimum absolute atomic E-state index is 0.211. The molecule has 0 bridgehead atoms. The largest absolute Gasteiger partial charge is 0.466 e. The highest BCUT2D eigenvalue weighted by molar-refractivity contribution is 5.99. The van der Waals surface area contributed by atoms with Crippen molar-refractivity contribution in [3.05, 3.63) is 71.0 Å². The second kappa shape index (κ2) is 10.8. The zero-order valence-corrected chi connectivity index (χ0v) is 20.0. The lowest BCUT2D eigenvalue weighted by Crippen LogP contribution is -2.63. The van der Waals surface area contributed by atoms with E-state index < -0.39 is 17.9 Å². The first-order valence-corrected chi connectivity index (χ1v) is 12.4. The van der Waals surface area contributed by atoms with Crippen molar-refractivity contribution >= 4 is 17.9 Å². The number of carbonyl (C=O) groups is 2. The van der Waals surface area contributed by atoms with Gasteiger partial charge in [0.1, 0.15) is 11.6 Å². The number of fused-ring (bicyclic) bond motifs is 1. The topological polar surface area (TPSA) is 89.1 Å². The van der Waals surface area contributed by atoms with Crippen molar-refractivity contribution in [3.8, 4) is 5.75 Å². The Morgan fingerprint density at radius 1 is 1.22 bits per heavy atom. The Morgan fingerprint density at radius 2 is 2.08 bits per heavy atom. The average molecular weight is 496 g/mol. The van der Waals surface area contributed by atoms with Crippen LogP contribution < -0.4 is 15.5 Å². The summed E-state index contributed by atoms with van der Waals surface area (Å²) in [6.07, 6.45) is 6.85. The number of nitrogens with one attached hydrogen (secondary N) is 2. The highest BCUT2D eigenvalue weighted by atomic mass is 19.1. The minimum Gasteiger partial charge on any atom is -0.466 e. The van der Waals surface area contributed by atoms with Crippen molar-refractivity contribution < 1.29 is 28.3 Å². The zero-order valence-electron chi connectivity index (χ0n) is 20.0. The zero-order chi connectivity index (χ0) is 25.0. The van der Waals surface area contributed by atoms with Gasteiger partial charge >= 0.3 is 0 Å². The van der Waals surface area contributed by atoms with Crippen LogP contribution in [0.5, 0.6) is 5.75 Å². The lowest BCUT2D eigenvalue weighted by Gasteiger charge is -2.45. The molecule has 9 heteroatoms. The number of benzene rings is 2. The van der Waals surface area contributed by atoms with Crippen LogP contribution in [-0.2, 0) is 20.9 Å². The van der Waals surface area contributed by atoms with Gasteiger partial charge < -0.3 is 14.8 Å². The molecule has 2 saturated heterocycles. The van der Waals surface area contributed by atoms with Crippen molar-refractivity contribution in [2.75, 3.05) is 19.7 Å². The van der Waals surface area contributed by atoms with Gasteiger partial charge in [-0.1, -0.05) is 18.2 Å². The van der Waals surface area contributed by atoms with E-state index in [-0.39, 0.29) is 11.7 Å². The Kier molecular flexibility index (Phi) is 7.31. The first-order valence-electron chi connectivity index (χ1n) is 12.4. The maximum absolute atomic E-state index is 13.2. The van der Waals surface area contributed by atoms with Gasteiger partial charge in [-0.3, -0.25) is 14.5 Å². The van der Waals surface area contributed by atoms with Crippen molar-refractivity contribution in [1.82, 2.24) is 15.7 Å². The SMILES string of the molecule is O=C(/C=C/c1ccc2c(c1)C(=O)NC1(CCCN(Cc3ccc(F)cc3)C1)O2)NOC1CCCCO1. The quantitative estimate of drug-likeness (QED) is 0.471. The summed E-state index contributed by atoms with van der Waals surface area (Å²) in [5.74, 6) is -0.366. The molecule has 0 aliphatic carbocycles. The van der Waals surface area contributed by atoms with E-state index in [4.69, 9.17) is 14.3 Å². The second-order valence-electron chi connectivity index (χ2n) is 9.46. The normalized spacial score (nSPS) is 24.2. The molecule has 5 rings (SSSR count). The number of likely N-dealkylation sites (tertiary alicyclic amines) is 1. The fourth-order valence-electron chi connectivity index (χ4n) is 4.84. The highest BCUT2D eigenvalue weighted by Crippen LogP contribution is 2.34. The molecule has 2 N–H and O–H groups in total. The molecule has 2 aromatic carbocycles. The van der Waals surface area contributed by atoms with Crippen LogP contribution in [-0.4, -0.2) is 48.4 Å². The number of nitrogens with zero attached hydrogens (tertiary/aromatic N) is 1. The number of amides is 2. The first-order chi connectivity index (χ1) is 17.5. The molecular formula is C27H30FN3O5. The van der Waals surface area contributed by atoms with Crippen LogP contribution in [0.2, 0.25) is 0 Å². The van der Waals surface area contributed by atoms with Gasteiger partial charge in [-0.2, -0.15) is 0 Å². The molecule has 0 aromatic heterocycles. The van der Waals surface area contributed by atoms with Crippen LogP contribution in [0.1, 0.15) is 53.6 Å². The molecule has 36 heavy (non-hydrogen) atoms. The summed E-state index contributed by atoms with van der Waals surface area (Å²) in [7, 11) is 0. The lowest BCUT2D eigenvalue weighted by atomic mass is 9.97. The number of hydroxylamine groups is 1. The molecule has 2 atom stereocenters. The van der Waals surface area contributed by atoms with Gasteiger partial charge in [-0.25, -0.2) is 14.7 Å². The predicted octanol–water partition coefficient (Wildman–Crippen LogP) is 3.53. The van der Waals surface area contributed by atoms with Crippen LogP contribution in [0, 0.1) is 5.82 Å². The van der Waals surface area contributed by atoms with Crippen LogP contribution in [0.4, 0.5) is 4.39 Å². The molecule has 0 saturated carbocycles. The number of rotatable bonds is 6. The second-order valence-corrected chi connectivity index (χ2v) is 9.46. The van der Waals surface area contributed by atoms with Crippen molar-refractivity contribution in [2.45, 2.75) is 50.7 Å². The summed E-state index contributed by atoms with van der Waals surface area (Å²) in [6.45, 7) is 2.68. The maximum Gasteiger partial charge on any atom is 0.267 e. The number of hydrogen-bond donors (Lipinski definition) is 2. The fourth-order valence-corrected chi connectivity index (χ4v) is 4.84. The molecule has 3 aliphatic heterocycles. The lowest BCUT2D eigenvalue weighted by molar-refractivity contribution is -0.198. The molecule has 8 nitrogen and oxygen atoms in total. The standard InChI is InChI=1S/C27H30FN3O5/c28-21-9-5-20(6-10-21)17-31-14-3-13-27(18-31)29-26(33)22-16-19(7-11-23(22)35-27)8-12-24(32)30-36-25-4-1-2-15-34-25/h5-12,16,25H,1-4,13-15,17-18H2,(H,29,33)(H,30,32)/b12-8+. The molecule has 190 valence electrons. The predicted molar refractivity (Wildman–Crippen MR) is 130 cm³/mol. The third kappa shape index (κ3) is 5.92. The molecule has 2 fully saturated rings. The maximum atomic E-state index is 13.2. The van der Waals surface area contributed by atoms with E-state index in [1.165, 1.54) is 18.2 Å². The number of piperidine rings is 1. The molecular weight excluding hydrogens is 465 g/mol. The Morgan fingerprint density at radius 3 is 2.89 bits per heavy atom.